The lowest BCUT2D eigenvalue weighted by atomic mass is 10.0. The molecular formula is C13H19BrN2O. The Morgan fingerprint density at radius 3 is 2.76 bits per heavy atom. The van der Waals surface area contributed by atoms with Gasteiger partial charge in [0.25, 0.3) is 0 Å². The number of hydrogen-bond acceptors (Lipinski definition) is 2. The molecule has 0 spiro atoms. The first-order valence-electron chi connectivity index (χ1n) is 5.76. The van der Waals surface area contributed by atoms with E-state index in [2.05, 4.69) is 35.8 Å². The molecule has 3 nitrogen and oxygen atoms in total. The number of ether oxygens (including phenoxy) is 1. The number of hydrogen-bond donors (Lipinski definition) is 2. The minimum absolute atomic E-state index is 0.216. The average Bonchev–Trinajstić information content (AvgIpc) is 2.25. The van der Waals surface area contributed by atoms with E-state index in [1.165, 1.54) is 5.56 Å². The van der Waals surface area contributed by atoms with Crippen LogP contribution in [0.4, 0.5) is 0 Å². The minimum atomic E-state index is 0.216. The molecule has 0 unspecified atom stereocenters. The second-order valence-corrected chi connectivity index (χ2v) is 5.23. The van der Waals surface area contributed by atoms with Crippen molar-refractivity contribution in [2.24, 2.45) is 5.73 Å². The highest BCUT2D eigenvalue weighted by atomic mass is 79.9. The fourth-order valence-electron chi connectivity index (χ4n) is 1.55. The molecule has 0 heterocycles. The smallest absolute Gasteiger partial charge is 0.122 e. The van der Waals surface area contributed by atoms with Gasteiger partial charge in [-0.3, -0.25) is 5.41 Å². The van der Waals surface area contributed by atoms with Gasteiger partial charge in [-0.05, 0) is 36.1 Å². The van der Waals surface area contributed by atoms with Gasteiger partial charge in [0.15, 0.2) is 0 Å². The molecule has 1 rings (SSSR count). The van der Waals surface area contributed by atoms with Crippen molar-refractivity contribution in [3.05, 3.63) is 28.2 Å². The van der Waals surface area contributed by atoms with Crippen LogP contribution in [0, 0.1) is 5.41 Å². The van der Waals surface area contributed by atoms with Crippen LogP contribution in [-0.4, -0.2) is 12.4 Å². The quantitative estimate of drug-likeness (QED) is 0.478. The van der Waals surface area contributed by atoms with Crippen molar-refractivity contribution in [2.75, 3.05) is 6.61 Å². The molecule has 0 saturated carbocycles. The van der Waals surface area contributed by atoms with Crippen molar-refractivity contribution < 1.29 is 4.74 Å². The molecular weight excluding hydrogens is 280 g/mol. The molecule has 94 valence electrons. The average molecular weight is 299 g/mol. The SMILES string of the molecule is CC(C)c1cc(Br)ccc1OCCCC(=N)N. The Morgan fingerprint density at radius 2 is 2.18 bits per heavy atom. The van der Waals surface area contributed by atoms with Gasteiger partial charge in [0.05, 0.1) is 12.4 Å². The van der Waals surface area contributed by atoms with Crippen molar-refractivity contribution in [2.45, 2.75) is 32.6 Å². The lowest BCUT2D eigenvalue weighted by molar-refractivity contribution is 0.309. The van der Waals surface area contributed by atoms with Crippen molar-refractivity contribution in [3.8, 4) is 5.75 Å². The van der Waals surface area contributed by atoms with Crippen LogP contribution in [-0.2, 0) is 0 Å². The van der Waals surface area contributed by atoms with Crippen molar-refractivity contribution in [1.82, 2.24) is 0 Å². The van der Waals surface area contributed by atoms with Crippen LogP contribution >= 0.6 is 15.9 Å². The van der Waals surface area contributed by atoms with Gasteiger partial charge in [-0.25, -0.2) is 0 Å². The van der Waals surface area contributed by atoms with Crippen LogP contribution in [0.15, 0.2) is 22.7 Å². The van der Waals surface area contributed by atoms with Crippen molar-refractivity contribution in [1.29, 1.82) is 5.41 Å². The number of nitrogens with two attached hydrogens (primary N) is 1. The summed E-state index contributed by atoms with van der Waals surface area (Å²) in [5, 5.41) is 7.13. The maximum Gasteiger partial charge on any atom is 0.122 e. The lowest BCUT2D eigenvalue weighted by Gasteiger charge is -2.14. The summed E-state index contributed by atoms with van der Waals surface area (Å²) in [7, 11) is 0. The Bertz CT molecular complexity index is 391. The fourth-order valence-corrected chi connectivity index (χ4v) is 1.93. The van der Waals surface area contributed by atoms with Crippen LogP contribution < -0.4 is 10.5 Å². The summed E-state index contributed by atoms with van der Waals surface area (Å²) in [6.45, 7) is 4.88. The maximum atomic E-state index is 7.13. The summed E-state index contributed by atoms with van der Waals surface area (Å²) in [4.78, 5) is 0. The largest absolute Gasteiger partial charge is 0.493 e. The van der Waals surface area contributed by atoms with E-state index in [0.717, 1.165) is 16.6 Å². The van der Waals surface area contributed by atoms with Crippen LogP contribution in [0.25, 0.3) is 0 Å². The molecule has 0 fully saturated rings. The molecule has 0 amide bonds. The predicted molar refractivity (Wildman–Crippen MR) is 74.9 cm³/mol. The van der Waals surface area contributed by atoms with E-state index in [9.17, 15) is 0 Å². The monoisotopic (exact) mass is 298 g/mol. The Balaban J connectivity index is 2.61. The van der Waals surface area contributed by atoms with Gasteiger partial charge in [0.2, 0.25) is 0 Å². The fraction of sp³-hybridized carbons (Fsp3) is 0.462. The summed E-state index contributed by atoms with van der Waals surface area (Å²) >= 11 is 3.47. The van der Waals surface area contributed by atoms with Gasteiger partial charge < -0.3 is 10.5 Å². The second kappa shape index (κ2) is 6.64. The van der Waals surface area contributed by atoms with E-state index in [-0.39, 0.29) is 5.84 Å². The molecule has 0 radical (unpaired) electrons. The third kappa shape index (κ3) is 4.77. The van der Waals surface area contributed by atoms with E-state index in [1.54, 1.807) is 0 Å². The summed E-state index contributed by atoms with van der Waals surface area (Å²) in [5.41, 5.74) is 6.49. The Labute approximate surface area is 111 Å². The first-order chi connectivity index (χ1) is 8.00. The molecule has 17 heavy (non-hydrogen) atoms. The van der Waals surface area contributed by atoms with Gasteiger partial charge in [0, 0.05) is 10.9 Å². The zero-order chi connectivity index (χ0) is 12.8. The second-order valence-electron chi connectivity index (χ2n) is 4.31. The molecule has 0 aliphatic rings. The molecule has 4 heteroatoms. The summed E-state index contributed by atoms with van der Waals surface area (Å²) in [6, 6.07) is 6.05. The van der Waals surface area contributed by atoms with Crippen LogP contribution in [0.3, 0.4) is 0 Å². The maximum absolute atomic E-state index is 7.13. The lowest BCUT2D eigenvalue weighted by Crippen LogP contribution is -2.11. The van der Waals surface area contributed by atoms with Crippen LogP contribution in [0.5, 0.6) is 5.75 Å². The van der Waals surface area contributed by atoms with Crippen LogP contribution in [0.1, 0.15) is 38.2 Å². The highest BCUT2D eigenvalue weighted by Gasteiger charge is 2.08. The van der Waals surface area contributed by atoms with Gasteiger partial charge in [0.1, 0.15) is 5.75 Å². The van der Waals surface area contributed by atoms with E-state index >= 15 is 0 Å². The van der Waals surface area contributed by atoms with E-state index in [1.807, 2.05) is 12.1 Å². The van der Waals surface area contributed by atoms with Crippen molar-refractivity contribution in [3.63, 3.8) is 0 Å². The highest BCUT2D eigenvalue weighted by Crippen LogP contribution is 2.29. The number of halogens is 1. The molecule has 0 aliphatic carbocycles. The zero-order valence-corrected chi connectivity index (χ0v) is 11.9. The zero-order valence-electron chi connectivity index (χ0n) is 10.3. The molecule has 0 aromatic heterocycles. The summed E-state index contributed by atoms with van der Waals surface area (Å²) < 4.78 is 6.80. The minimum Gasteiger partial charge on any atom is -0.493 e. The first-order valence-corrected chi connectivity index (χ1v) is 6.55. The first kappa shape index (κ1) is 14.0. The van der Waals surface area contributed by atoms with E-state index < -0.39 is 0 Å². The van der Waals surface area contributed by atoms with Gasteiger partial charge in [-0.15, -0.1) is 0 Å². The Kier molecular flexibility index (Phi) is 5.48. The molecule has 0 bridgehead atoms. The summed E-state index contributed by atoms with van der Waals surface area (Å²) in [5.74, 6) is 1.57. The normalized spacial score (nSPS) is 10.6. The molecule has 3 N–H and O–H groups in total. The third-order valence-electron chi connectivity index (χ3n) is 2.44. The standard InChI is InChI=1S/C13H19BrN2O/c1-9(2)11-8-10(14)5-6-12(11)17-7-3-4-13(15)16/h5-6,8-9H,3-4,7H2,1-2H3,(H3,15,16). The van der Waals surface area contributed by atoms with Gasteiger partial charge >= 0.3 is 0 Å². The number of benzene rings is 1. The van der Waals surface area contributed by atoms with E-state index in [0.29, 0.717) is 18.9 Å². The Morgan fingerprint density at radius 1 is 1.47 bits per heavy atom. The van der Waals surface area contributed by atoms with Gasteiger partial charge in [-0.2, -0.15) is 0 Å². The van der Waals surface area contributed by atoms with Gasteiger partial charge in [-0.1, -0.05) is 29.8 Å². The van der Waals surface area contributed by atoms with Crippen LogP contribution in [0.2, 0.25) is 0 Å². The molecule has 1 aromatic rings. The molecule has 0 saturated heterocycles. The van der Waals surface area contributed by atoms with E-state index in [4.69, 9.17) is 15.9 Å². The molecule has 0 aliphatic heterocycles. The summed E-state index contributed by atoms with van der Waals surface area (Å²) in [6.07, 6.45) is 1.37. The number of rotatable bonds is 6. The molecule has 0 atom stereocenters. The van der Waals surface area contributed by atoms with Crippen molar-refractivity contribution >= 4 is 21.8 Å². The molecule has 1 aromatic carbocycles. The number of amidine groups is 1. The highest BCUT2D eigenvalue weighted by molar-refractivity contribution is 9.10. The Hall–Kier alpha value is -1.03. The number of nitrogens with one attached hydrogen (secondary N) is 1. The predicted octanol–water partition coefficient (Wildman–Crippen LogP) is 3.67. The third-order valence-corrected chi connectivity index (χ3v) is 2.94. The topological polar surface area (TPSA) is 59.1 Å².